The summed E-state index contributed by atoms with van der Waals surface area (Å²) in [5.74, 6) is 0. The Morgan fingerprint density at radius 3 is 2.21 bits per heavy atom. The van der Waals surface area contributed by atoms with Crippen molar-refractivity contribution in [2.75, 3.05) is 6.26 Å². The molecular weight excluding hydrogens is 202 g/mol. The molecule has 0 heterocycles. The van der Waals surface area contributed by atoms with Gasteiger partial charge in [0.1, 0.15) is 0 Å². The van der Waals surface area contributed by atoms with Gasteiger partial charge in [-0.2, -0.15) is 0 Å². The molecule has 0 atom stereocenters. The fourth-order valence-electron chi connectivity index (χ4n) is 0.952. The molecule has 0 spiro atoms. The maximum absolute atomic E-state index is 11.1. The molecule has 1 rings (SSSR count). The first-order chi connectivity index (χ1) is 6.45. The summed E-state index contributed by atoms with van der Waals surface area (Å²) in [6.07, 6.45) is 1.13. The lowest BCUT2D eigenvalue weighted by molar-refractivity contribution is 0.320. The molecule has 0 aromatic heterocycles. The van der Waals surface area contributed by atoms with Crippen LogP contribution in [-0.4, -0.2) is 25.6 Å². The summed E-state index contributed by atoms with van der Waals surface area (Å²) in [5, 5.41) is 11.3. The molecule has 0 aliphatic heterocycles. The molecule has 1 aromatic rings. The Morgan fingerprint density at radius 2 is 1.86 bits per heavy atom. The molecule has 5 heteroatoms. The maximum atomic E-state index is 11.1. The van der Waals surface area contributed by atoms with Crippen LogP contribution in [0.25, 0.3) is 0 Å². The fraction of sp³-hybridized carbons (Fsp3) is 0.111. The predicted molar refractivity (Wildman–Crippen MR) is 53.2 cm³/mol. The third kappa shape index (κ3) is 2.32. The van der Waals surface area contributed by atoms with Gasteiger partial charge in [0.15, 0.2) is 9.84 Å². The van der Waals surface area contributed by atoms with E-state index >= 15 is 0 Å². The van der Waals surface area contributed by atoms with E-state index in [4.69, 9.17) is 5.21 Å². The number of sulfone groups is 1. The number of rotatable bonds is 2. The first kappa shape index (κ1) is 10.7. The highest BCUT2D eigenvalue weighted by molar-refractivity contribution is 7.90. The van der Waals surface area contributed by atoms with Crippen molar-refractivity contribution in [3.8, 4) is 0 Å². The lowest BCUT2D eigenvalue weighted by Gasteiger charge is -2.00. The molecule has 0 bridgehead atoms. The van der Waals surface area contributed by atoms with Crippen LogP contribution in [-0.2, 0) is 9.84 Å². The summed E-state index contributed by atoms with van der Waals surface area (Å²) in [6.45, 7) is 3.47. The van der Waals surface area contributed by atoms with Crippen LogP contribution in [0.3, 0.4) is 0 Å². The quantitative estimate of drug-likeness (QED) is 0.453. The van der Waals surface area contributed by atoms with Gasteiger partial charge in [-0.3, -0.25) is 0 Å². The predicted octanol–water partition coefficient (Wildman–Crippen LogP) is 1.10. The van der Waals surface area contributed by atoms with Crippen molar-refractivity contribution in [3.63, 3.8) is 0 Å². The van der Waals surface area contributed by atoms with Crippen molar-refractivity contribution in [1.29, 1.82) is 0 Å². The summed E-state index contributed by atoms with van der Waals surface area (Å²) in [4.78, 5) is 0.229. The average Bonchev–Trinajstić information content (AvgIpc) is 2.15. The van der Waals surface area contributed by atoms with E-state index in [1.165, 1.54) is 12.1 Å². The number of benzene rings is 1. The highest BCUT2D eigenvalue weighted by atomic mass is 32.2. The molecule has 0 fully saturated rings. The first-order valence-electron chi connectivity index (χ1n) is 3.79. The zero-order chi connectivity index (χ0) is 10.8. The van der Waals surface area contributed by atoms with Crippen LogP contribution in [0.5, 0.6) is 0 Å². The summed E-state index contributed by atoms with van der Waals surface area (Å²) in [5.41, 5.74) is 0.782. The molecule has 1 N–H and O–H groups in total. The van der Waals surface area contributed by atoms with Crippen LogP contribution in [0.1, 0.15) is 5.56 Å². The monoisotopic (exact) mass is 212 g/mol. The van der Waals surface area contributed by atoms with Gasteiger partial charge < -0.3 is 5.21 Å². The molecule has 4 nitrogen and oxygen atoms in total. The number of hydrogen-bond acceptors (Lipinski definition) is 4. The van der Waals surface area contributed by atoms with Gasteiger partial charge in [-0.05, 0) is 24.6 Å². The van der Waals surface area contributed by atoms with Gasteiger partial charge >= 0.3 is 0 Å². The van der Waals surface area contributed by atoms with Crippen molar-refractivity contribution in [3.05, 3.63) is 36.8 Å². The van der Waals surface area contributed by atoms with E-state index in [-0.39, 0.29) is 10.6 Å². The van der Waals surface area contributed by atoms with Crippen molar-refractivity contribution in [1.82, 2.24) is 0 Å². The number of hydrogen-bond donors (Lipinski definition) is 1. The third-order valence-corrected chi connectivity index (χ3v) is 2.86. The first-order valence-corrected chi connectivity index (χ1v) is 5.69. The van der Waals surface area contributed by atoms with Gasteiger partial charge in [0.25, 0.3) is 0 Å². The van der Waals surface area contributed by atoms with Crippen LogP contribution in [0, 0.1) is 6.92 Å². The smallest absolute Gasteiger partial charge is 0.175 e. The Bertz CT molecular complexity index is 445. The lowest BCUT2D eigenvalue weighted by atomic mass is 10.1. The Kier molecular flexibility index (Phi) is 2.90. The molecule has 0 aliphatic rings. The second-order valence-electron chi connectivity index (χ2n) is 2.84. The Balaban J connectivity index is 3.14. The van der Waals surface area contributed by atoms with E-state index in [0.29, 0.717) is 5.56 Å². The zero-order valence-corrected chi connectivity index (χ0v) is 8.45. The molecular formula is C9H10NO3S. The number of nitrogens with zero attached hydrogens (tertiary/aromatic N) is 1. The molecule has 0 amide bonds. The number of oxime groups is 1. The average molecular weight is 212 g/mol. The molecule has 0 unspecified atom stereocenters. The molecule has 0 aliphatic carbocycles. The van der Waals surface area contributed by atoms with Crippen molar-refractivity contribution >= 4 is 15.5 Å². The maximum Gasteiger partial charge on any atom is 0.175 e. The Morgan fingerprint density at radius 1 is 1.36 bits per heavy atom. The van der Waals surface area contributed by atoms with Crippen LogP contribution < -0.4 is 0 Å². The molecule has 0 saturated heterocycles. The summed E-state index contributed by atoms with van der Waals surface area (Å²) in [7, 11) is -3.17. The highest BCUT2D eigenvalue weighted by Crippen LogP contribution is 2.10. The highest BCUT2D eigenvalue weighted by Gasteiger charge is 2.06. The van der Waals surface area contributed by atoms with Crippen LogP contribution in [0.4, 0.5) is 0 Å². The van der Waals surface area contributed by atoms with Gasteiger partial charge in [-0.1, -0.05) is 17.3 Å². The molecule has 1 radical (unpaired) electrons. The van der Waals surface area contributed by atoms with Gasteiger partial charge in [-0.25, -0.2) is 8.42 Å². The lowest BCUT2D eigenvalue weighted by Crippen LogP contribution is -1.99. The minimum Gasteiger partial charge on any atom is -0.411 e. The van der Waals surface area contributed by atoms with Gasteiger partial charge in [-0.15, -0.1) is 0 Å². The second-order valence-corrected chi connectivity index (χ2v) is 4.86. The standard InChI is InChI=1S/C9H10NO3S/c1-7(10-11)8-3-5-9(6-4-8)14(2,12)13/h3-6,11H,1H2,2H3. The third-order valence-electron chi connectivity index (χ3n) is 1.74. The van der Waals surface area contributed by atoms with E-state index in [2.05, 4.69) is 12.1 Å². The summed E-state index contributed by atoms with van der Waals surface area (Å²) >= 11 is 0. The van der Waals surface area contributed by atoms with Crippen LogP contribution >= 0.6 is 0 Å². The van der Waals surface area contributed by atoms with Crippen molar-refractivity contribution in [2.45, 2.75) is 4.90 Å². The molecule has 75 valence electrons. The molecule has 14 heavy (non-hydrogen) atoms. The SMILES string of the molecule is [CH2]C(=NO)c1ccc(S(C)(=O)=O)cc1. The summed E-state index contributed by atoms with van der Waals surface area (Å²) in [6, 6.07) is 5.97. The molecule has 1 aromatic carbocycles. The van der Waals surface area contributed by atoms with E-state index in [1.807, 2.05) is 0 Å². The Labute approximate surface area is 82.8 Å². The fourth-order valence-corrected chi connectivity index (χ4v) is 1.58. The van der Waals surface area contributed by atoms with Gasteiger partial charge in [0.2, 0.25) is 0 Å². The summed E-state index contributed by atoms with van der Waals surface area (Å²) < 4.78 is 22.2. The van der Waals surface area contributed by atoms with Crippen molar-refractivity contribution < 1.29 is 13.6 Å². The van der Waals surface area contributed by atoms with Crippen molar-refractivity contribution in [2.24, 2.45) is 5.16 Å². The van der Waals surface area contributed by atoms with E-state index in [9.17, 15) is 8.42 Å². The normalized spacial score (nSPS) is 12.9. The van der Waals surface area contributed by atoms with Gasteiger partial charge in [0, 0.05) is 6.26 Å². The topological polar surface area (TPSA) is 66.7 Å². The zero-order valence-electron chi connectivity index (χ0n) is 7.64. The Hall–Kier alpha value is -1.36. The van der Waals surface area contributed by atoms with E-state index in [1.54, 1.807) is 12.1 Å². The minimum atomic E-state index is -3.17. The largest absolute Gasteiger partial charge is 0.411 e. The van der Waals surface area contributed by atoms with Crippen LogP contribution in [0.2, 0.25) is 0 Å². The molecule has 0 saturated carbocycles. The minimum absolute atomic E-state index is 0.199. The van der Waals surface area contributed by atoms with E-state index < -0.39 is 9.84 Å². The van der Waals surface area contributed by atoms with Crippen LogP contribution in [0.15, 0.2) is 34.3 Å². The van der Waals surface area contributed by atoms with E-state index in [0.717, 1.165) is 6.26 Å². The van der Waals surface area contributed by atoms with Gasteiger partial charge in [0.05, 0.1) is 10.6 Å². The second kappa shape index (κ2) is 3.79.